The predicted octanol–water partition coefficient (Wildman–Crippen LogP) is 3.48. The summed E-state index contributed by atoms with van der Waals surface area (Å²) in [4.78, 5) is 0. The number of fused-ring (bicyclic) bond motifs is 1. The van der Waals surface area contributed by atoms with Gasteiger partial charge < -0.3 is 9.84 Å². The van der Waals surface area contributed by atoms with Gasteiger partial charge in [0.25, 0.3) is 0 Å². The van der Waals surface area contributed by atoms with Gasteiger partial charge in [-0.3, -0.25) is 0 Å². The van der Waals surface area contributed by atoms with Gasteiger partial charge >= 0.3 is 0 Å². The second kappa shape index (κ2) is 4.82. The van der Waals surface area contributed by atoms with Crippen molar-refractivity contribution in [3.05, 3.63) is 53.4 Å². The Bertz CT molecular complexity index is 546. The smallest absolute Gasteiger partial charge is 0.124 e. The van der Waals surface area contributed by atoms with Gasteiger partial charge in [-0.25, -0.2) is 0 Å². The van der Waals surface area contributed by atoms with Gasteiger partial charge in [-0.15, -0.1) is 0 Å². The van der Waals surface area contributed by atoms with E-state index in [1.165, 1.54) is 24.0 Å². The molecule has 1 aromatic carbocycles. The van der Waals surface area contributed by atoms with E-state index in [4.69, 9.17) is 4.52 Å². The Morgan fingerprint density at radius 3 is 2.95 bits per heavy atom. The summed E-state index contributed by atoms with van der Waals surface area (Å²) >= 11 is 0. The van der Waals surface area contributed by atoms with E-state index in [-0.39, 0.29) is 5.41 Å². The quantitative estimate of drug-likeness (QED) is 0.913. The Labute approximate surface area is 114 Å². The van der Waals surface area contributed by atoms with Crippen LogP contribution in [0.15, 0.2) is 41.1 Å². The van der Waals surface area contributed by atoms with Gasteiger partial charge in [-0.2, -0.15) is 0 Å². The van der Waals surface area contributed by atoms with Gasteiger partial charge in [0.05, 0.1) is 5.69 Å². The average Bonchev–Trinajstić information content (AvgIpc) is 2.90. The fourth-order valence-electron chi connectivity index (χ4n) is 2.99. The molecule has 3 heteroatoms. The first-order valence-electron chi connectivity index (χ1n) is 6.87. The number of nitrogens with one attached hydrogen (secondary N) is 1. The zero-order chi connectivity index (χ0) is 13.3. The Morgan fingerprint density at radius 2 is 2.16 bits per heavy atom. The lowest BCUT2D eigenvalue weighted by molar-refractivity contribution is 0.206. The largest absolute Gasteiger partial charge is 0.364 e. The van der Waals surface area contributed by atoms with Crippen LogP contribution in [0.1, 0.15) is 43.1 Å². The van der Waals surface area contributed by atoms with Crippen LogP contribution < -0.4 is 5.32 Å². The SMILES string of the molecule is CC1(C)CCc2ccccc2C1NCc1ccon1. The van der Waals surface area contributed by atoms with Crippen molar-refractivity contribution in [2.24, 2.45) is 5.41 Å². The van der Waals surface area contributed by atoms with E-state index < -0.39 is 0 Å². The Balaban J connectivity index is 1.84. The number of hydrogen-bond acceptors (Lipinski definition) is 3. The normalized spacial score (nSPS) is 21.1. The van der Waals surface area contributed by atoms with E-state index in [0.717, 1.165) is 12.2 Å². The molecule has 0 saturated heterocycles. The van der Waals surface area contributed by atoms with Gasteiger partial charge in [-0.1, -0.05) is 43.3 Å². The van der Waals surface area contributed by atoms with E-state index in [9.17, 15) is 0 Å². The van der Waals surface area contributed by atoms with Crippen molar-refractivity contribution in [2.75, 3.05) is 0 Å². The van der Waals surface area contributed by atoms with E-state index in [0.29, 0.717) is 6.04 Å². The molecule has 0 saturated carbocycles. The van der Waals surface area contributed by atoms with Crippen molar-refractivity contribution >= 4 is 0 Å². The van der Waals surface area contributed by atoms with Crippen molar-refractivity contribution in [3.8, 4) is 0 Å². The third-order valence-electron chi connectivity index (χ3n) is 4.16. The summed E-state index contributed by atoms with van der Waals surface area (Å²) < 4.78 is 4.89. The molecular formula is C16H20N2O. The first-order chi connectivity index (χ1) is 9.17. The fraction of sp³-hybridized carbons (Fsp3) is 0.438. The third-order valence-corrected chi connectivity index (χ3v) is 4.16. The molecule has 0 fully saturated rings. The maximum Gasteiger partial charge on any atom is 0.124 e. The molecule has 0 amide bonds. The second-order valence-corrected chi connectivity index (χ2v) is 5.99. The Kier molecular flexibility index (Phi) is 3.15. The highest BCUT2D eigenvalue weighted by molar-refractivity contribution is 5.34. The lowest BCUT2D eigenvalue weighted by Gasteiger charge is -2.40. The van der Waals surface area contributed by atoms with E-state index >= 15 is 0 Å². The zero-order valence-electron chi connectivity index (χ0n) is 11.5. The molecule has 0 spiro atoms. The molecule has 1 unspecified atom stereocenters. The molecule has 1 atom stereocenters. The lowest BCUT2D eigenvalue weighted by Crippen LogP contribution is -2.37. The molecule has 3 rings (SSSR count). The molecule has 100 valence electrons. The highest BCUT2D eigenvalue weighted by Gasteiger charge is 2.35. The van der Waals surface area contributed by atoms with Crippen molar-refractivity contribution in [1.29, 1.82) is 0 Å². The Morgan fingerprint density at radius 1 is 1.32 bits per heavy atom. The first-order valence-corrected chi connectivity index (χ1v) is 6.87. The van der Waals surface area contributed by atoms with Crippen LogP contribution in [-0.2, 0) is 13.0 Å². The third kappa shape index (κ3) is 2.43. The van der Waals surface area contributed by atoms with Crippen LogP contribution in [0.4, 0.5) is 0 Å². The molecule has 1 aliphatic rings. The highest BCUT2D eigenvalue weighted by Crippen LogP contribution is 2.43. The van der Waals surface area contributed by atoms with Gasteiger partial charge in [0, 0.05) is 18.7 Å². The number of hydrogen-bond donors (Lipinski definition) is 1. The topological polar surface area (TPSA) is 38.1 Å². The van der Waals surface area contributed by atoms with Crippen LogP contribution in [-0.4, -0.2) is 5.16 Å². The van der Waals surface area contributed by atoms with Crippen LogP contribution >= 0.6 is 0 Å². The maximum atomic E-state index is 4.89. The van der Waals surface area contributed by atoms with Crippen molar-refractivity contribution in [3.63, 3.8) is 0 Å². The molecule has 0 bridgehead atoms. The standard InChI is InChI=1S/C16H20N2O/c1-16(2)9-7-12-5-3-4-6-14(12)15(16)17-11-13-8-10-19-18-13/h3-6,8,10,15,17H,7,9,11H2,1-2H3. The molecule has 1 heterocycles. The van der Waals surface area contributed by atoms with Crippen LogP contribution in [0.2, 0.25) is 0 Å². The summed E-state index contributed by atoms with van der Waals surface area (Å²) in [5.74, 6) is 0. The minimum absolute atomic E-state index is 0.262. The molecule has 0 radical (unpaired) electrons. The summed E-state index contributed by atoms with van der Waals surface area (Å²) in [7, 11) is 0. The van der Waals surface area contributed by atoms with Crippen molar-refractivity contribution < 1.29 is 4.52 Å². The zero-order valence-corrected chi connectivity index (χ0v) is 11.5. The summed E-state index contributed by atoms with van der Waals surface area (Å²) in [6.07, 6.45) is 4.00. The van der Waals surface area contributed by atoms with Gasteiger partial charge in [0.15, 0.2) is 0 Å². The highest BCUT2D eigenvalue weighted by atomic mass is 16.5. The molecular weight excluding hydrogens is 236 g/mol. The fourth-order valence-corrected chi connectivity index (χ4v) is 2.99. The molecule has 3 nitrogen and oxygen atoms in total. The van der Waals surface area contributed by atoms with Crippen molar-refractivity contribution in [2.45, 2.75) is 39.3 Å². The van der Waals surface area contributed by atoms with Crippen LogP contribution in [0.25, 0.3) is 0 Å². The number of benzene rings is 1. The molecule has 0 aliphatic heterocycles. The number of aryl methyl sites for hydroxylation is 1. The van der Waals surface area contributed by atoms with Gasteiger partial charge in [0.1, 0.15) is 6.26 Å². The summed E-state index contributed by atoms with van der Waals surface area (Å²) in [6.45, 7) is 5.42. The first kappa shape index (κ1) is 12.4. The number of aromatic nitrogens is 1. The van der Waals surface area contributed by atoms with Crippen LogP contribution in [0, 0.1) is 5.41 Å². The summed E-state index contributed by atoms with van der Waals surface area (Å²) in [5, 5.41) is 7.61. The minimum atomic E-state index is 0.262. The van der Waals surface area contributed by atoms with E-state index in [1.807, 2.05) is 6.07 Å². The number of rotatable bonds is 3. The monoisotopic (exact) mass is 256 g/mol. The number of nitrogens with zero attached hydrogens (tertiary/aromatic N) is 1. The molecule has 1 N–H and O–H groups in total. The average molecular weight is 256 g/mol. The summed E-state index contributed by atoms with van der Waals surface area (Å²) in [6, 6.07) is 11.0. The second-order valence-electron chi connectivity index (χ2n) is 5.99. The van der Waals surface area contributed by atoms with Crippen LogP contribution in [0.3, 0.4) is 0 Å². The minimum Gasteiger partial charge on any atom is -0.364 e. The van der Waals surface area contributed by atoms with Crippen LogP contribution in [0.5, 0.6) is 0 Å². The van der Waals surface area contributed by atoms with Crippen molar-refractivity contribution in [1.82, 2.24) is 10.5 Å². The lowest BCUT2D eigenvalue weighted by atomic mass is 9.70. The molecule has 1 aromatic heterocycles. The Hall–Kier alpha value is -1.61. The van der Waals surface area contributed by atoms with Gasteiger partial charge in [-0.05, 0) is 29.4 Å². The van der Waals surface area contributed by atoms with E-state index in [2.05, 4.69) is 48.6 Å². The summed E-state index contributed by atoms with van der Waals surface area (Å²) in [5.41, 5.74) is 4.12. The molecule has 19 heavy (non-hydrogen) atoms. The molecule has 1 aliphatic carbocycles. The van der Waals surface area contributed by atoms with E-state index in [1.54, 1.807) is 6.26 Å². The predicted molar refractivity (Wildman–Crippen MR) is 74.6 cm³/mol. The maximum absolute atomic E-state index is 4.89. The molecule has 2 aromatic rings. The van der Waals surface area contributed by atoms with Gasteiger partial charge in [0.2, 0.25) is 0 Å².